The molecule has 1 saturated carbocycles. The van der Waals surface area contributed by atoms with Crippen LogP contribution >= 0.6 is 0 Å². The third-order valence-electron chi connectivity index (χ3n) is 1.94. The summed E-state index contributed by atoms with van der Waals surface area (Å²) in [4.78, 5) is 0. The Morgan fingerprint density at radius 3 is 2.60 bits per heavy atom. The first-order valence-corrected chi connectivity index (χ1v) is 3.92. The molecule has 0 unspecified atom stereocenters. The molecule has 1 fully saturated rings. The van der Waals surface area contributed by atoms with Crippen molar-refractivity contribution >= 4 is 6.34 Å². The lowest BCUT2D eigenvalue weighted by atomic mass is 9.96. The van der Waals surface area contributed by atoms with Gasteiger partial charge in [-0.2, -0.15) is 5.10 Å². The molecule has 10 heavy (non-hydrogen) atoms. The molecule has 1 aliphatic rings. The van der Waals surface area contributed by atoms with Gasteiger partial charge in [0.25, 0.3) is 0 Å². The molecule has 3 heteroatoms. The lowest BCUT2D eigenvalue weighted by Crippen LogP contribution is -2.27. The minimum absolute atomic E-state index is 0.577. The molecule has 3 nitrogen and oxygen atoms in total. The summed E-state index contributed by atoms with van der Waals surface area (Å²) in [7, 11) is 0. The lowest BCUT2D eigenvalue weighted by Gasteiger charge is -2.20. The fourth-order valence-corrected chi connectivity index (χ4v) is 1.38. The van der Waals surface area contributed by atoms with Gasteiger partial charge in [-0.25, -0.2) is 0 Å². The van der Waals surface area contributed by atoms with Gasteiger partial charge in [0.1, 0.15) is 6.34 Å². The van der Waals surface area contributed by atoms with E-state index in [2.05, 4.69) is 10.5 Å². The van der Waals surface area contributed by atoms with E-state index in [-0.39, 0.29) is 0 Å². The van der Waals surface area contributed by atoms with E-state index < -0.39 is 0 Å². The van der Waals surface area contributed by atoms with Crippen molar-refractivity contribution < 1.29 is 0 Å². The highest BCUT2D eigenvalue weighted by atomic mass is 15.3. The third kappa shape index (κ3) is 2.25. The van der Waals surface area contributed by atoms with E-state index in [0.29, 0.717) is 6.04 Å². The van der Waals surface area contributed by atoms with Gasteiger partial charge in [-0.05, 0) is 12.8 Å². The van der Waals surface area contributed by atoms with Crippen molar-refractivity contribution in [3.8, 4) is 0 Å². The van der Waals surface area contributed by atoms with Gasteiger partial charge in [-0.3, -0.25) is 0 Å². The van der Waals surface area contributed by atoms with Gasteiger partial charge >= 0.3 is 0 Å². The molecule has 0 aromatic carbocycles. The average molecular weight is 141 g/mol. The van der Waals surface area contributed by atoms with Crippen LogP contribution in [-0.2, 0) is 0 Å². The highest BCUT2D eigenvalue weighted by molar-refractivity contribution is 5.50. The molecular formula is C7H15N3. The summed E-state index contributed by atoms with van der Waals surface area (Å²) in [5, 5.41) is 3.80. The molecule has 0 amide bonds. The molecule has 0 spiro atoms. The first-order valence-electron chi connectivity index (χ1n) is 3.92. The van der Waals surface area contributed by atoms with Crippen molar-refractivity contribution in [2.45, 2.75) is 38.1 Å². The van der Waals surface area contributed by atoms with E-state index in [1.165, 1.54) is 38.4 Å². The molecule has 0 radical (unpaired) electrons. The Balaban J connectivity index is 2.13. The molecule has 0 aromatic heterocycles. The van der Waals surface area contributed by atoms with Gasteiger partial charge in [0, 0.05) is 6.04 Å². The summed E-state index contributed by atoms with van der Waals surface area (Å²) in [6, 6.07) is 0.577. The Morgan fingerprint density at radius 2 is 2.00 bits per heavy atom. The monoisotopic (exact) mass is 141 g/mol. The van der Waals surface area contributed by atoms with Crippen molar-refractivity contribution in [1.29, 1.82) is 0 Å². The second-order valence-corrected chi connectivity index (χ2v) is 2.74. The van der Waals surface area contributed by atoms with Gasteiger partial charge in [-0.1, -0.05) is 19.3 Å². The van der Waals surface area contributed by atoms with Gasteiger partial charge < -0.3 is 11.2 Å². The van der Waals surface area contributed by atoms with Crippen LogP contribution in [0.5, 0.6) is 0 Å². The molecule has 58 valence electrons. The normalized spacial score (nSPS) is 21.6. The van der Waals surface area contributed by atoms with Crippen LogP contribution in [0.15, 0.2) is 5.10 Å². The summed E-state index contributed by atoms with van der Waals surface area (Å²) >= 11 is 0. The van der Waals surface area contributed by atoms with E-state index in [1.807, 2.05) is 0 Å². The molecule has 0 aromatic rings. The maximum Gasteiger partial charge on any atom is 0.106 e. The Hall–Kier alpha value is -0.730. The number of hydrogen-bond acceptors (Lipinski definition) is 2. The summed E-state index contributed by atoms with van der Waals surface area (Å²) in [5.74, 6) is 0. The van der Waals surface area contributed by atoms with Crippen molar-refractivity contribution in [3.63, 3.8) is 0 Å². The first kappa shape index (κ1) is 7.38. The summed E-state index contributed by atoms with van der Waals surface area (Å²) in [5.41, 5.74) is 8.11. The number of hydrogen-bond donors (Lipinski definition) is 2. The molecule has 0 heterocycles. The summed E-state index contributed by atoms with van der Waals surface area (Å²) < 4.78 is 0. The lowest BCUT2D eigenvalue weighted by molar-refractivity contribution is 0.381. The van der Waals surface area contributed by atoms with E-state index in [0.717, 1.165) is 0 Å². The van der Waals surface area contributed by atoms with Gasteiger partial charge in [-0.15, -0.1) is 0 Å². The molecule has 0 atom stereocenters. The molecular weight excluding hydrogens is 126 g/mol. The van der Waals surface area contributed by atoms with Crippen molar-refractivity contribution in [2.75, 3.05) is 0 Å². The maximum atomic E-state index is 5.09. The Morgan fingerprint density at radius 1 is 1.30 bits per heavy atom. The quantitative estimate of drug-likeness (QED) is 0.339. The Labute approximate surface area is 61.7 Å². The van der Waals surface area contributed by atoms with Gasteiger partial charge in [0.05, 0.1) is 0 Å². The van der Waals surface area contributed by atoms with Crippen LogP contribution in [0.1, 0.15) is 32.1 Å². The first-order chi connectivity index (χ1) is 4.93. The zero-order chi connectivity index (χ0) is 7.23. The number of nitrogens with two attached hydrogens (primary N) is 1. The number of nitrogens with one attached hydrogen (secondary N) is 1. The third-order valence-corrected chi connectivity index (χ3v) is 1.94. The standard InChI is InChI=1S/C7H15N3/c8-6-9-10-7-4-2-1-3-5-7/h6-7,10H,1-5H2,(H2,8,9). The molecule has 1 aliphatic carbocycles. The maximum absolute atomic E-state index is 5.09. The average Bonchev–Trinajstić information content (AvgIpc) is 2.03. The van der Waals surface area contributed by atoms with Crippen LogP contribution in [0.4, 0.5) is 0 Å². The van der Waals surface area contributed by atoms with Crippen LogP contribution in [0, 0.1) is 0 Å². The van der Waals surface area contributed by atoms with Crippen LogP contribution in [0.3, 0.4) is 0 Å². The second kappa shape index (κ2) is 4.14. The SMILES string of the molecule is N/C=N/NC1CCCCC1. The van der Waals surface area contributed by atoms with E-state index in [4.69, 9.17) is 5.73 Å². The number of hydrazone groups is 1. The fraction of sp³-hybridized carbons (Fsp3) is 0.857. The molecule has 1 rings (SSSR count). The number of rotatable bonds is 2. The predicted octanol–water partition coefficient (Wildman–Crippen LogP) is 0.811. The van der Waals surface area contributed by atoms with Crippen molar-refractivity contribution in [3.05, 3.63) is 0 Å². The molecule has 0 bridgehead atoms. The van der Waals surface area contributed by atoms with Crippen LogP contribution in [-0.4, -0.2) is 12.4 Å². The Bertz CT molecular complexity index is 105. The summed E-state index contributed by atoms with van der Waals surface area (Å²) in [6.45, 7) is 0. The molecule has 3 N–H and O–H groups in total. The van der Waals surface area contributed by atoms with E-state index >= 15 is 0 Å². The van der Waals surface area contributed by atoms with E-state index in [9.17, 15) is 0 Å². The zero-order valence-electron chi connectivity index (χ0n) is 6.21. The fourth-order valence-electron chi connectivity index (χ4n) is 1.38. The van der Waals surface area contributed by atoms with Crippen LogP contribution in [0.25, 0.3) is 0 Å². The van der Waals surface area contributed by atoms with Crippen molar-refractivity contribution in [1.82, 2.24) is 5.43 Å². The highest BCUT2D eigenvalue weighted by Crippen LogP contribution is 2.16. The minimum Gasteiger partial charge on any atom is -0.388 e. The zero-order valence-corrected chi connectivity index (χ0v) is 6.21. The topological polar surface area (TPSA) is 50.4 Å². The van der Waals surface area contributed by atoms with Gasteiger partial charge in [0.15, 0.2) is 0 Å². The predicted molar refractivity (Wildman–Crippen MR) is 42.7 cm³/mol. The van der Waals surface area contributed by atoms with E-state index in [1.54, 1.807) is 0 Å². The van der Waals surface area contributed by atoms with Crippen LogP contribution < -0.4 is 11.2 Å². The highest BCUT2D eigenvalue weighted by Gasteiger charge is 2.10. The largest absolute Gasteiger partial charge is 0.388 e. The summed E-state index contributed by atoms with van der Waals surface area (Å²) in [6.07, 6.45) is 7.85. The van der Waals surface area contributed by atoms with Crippen molar-refractivity contribution in [2.24, 2.45) is 10.8 Å². The van der Waals surface area contributed by atoms with Gasteiger partial charge in [0.2, 0.25) is 0 Å². The molecule has 0 saturated heterocycles. The Kier molecular flexibility index (Phi) is 3.06. The smallest absolute Gasteiger partial charge is 0.106 e. The second-order valence-electron chi connectivity index (χ2n) is 2.74. The molecule has 0 aliphatic heterocycles. The van der Waals surface area contributed by atoms with Crippen LogP contribution in [0.2, 0.25) is 0 Å². The minimum atomic E-state index is 0.577. The number of nitrogens with zero attached hydrogens (tertiary/aromatic N) is 1.